The molecule has 716 valence electrons. The number of methoxy groups -OCH3 is 2. The molecule has 17 heterocycles. The number of aliphatic hydroxyl groups excluding tert-OH is 1. The molecule has 6 aliphatic heterocycles. The van der Waals surface area contributed by atoms with E-state index in [9.17, 15) is 46.6 Å². The monoisotopic (exact) mass is 1890 g/mol. The van der Waals surface area contributed by atoms with Gasteiger partial charge in [-0.2, -0.15) is 10.5 Å². The van der Waals surface area contributed by atoms with Crippen LogP contribution in [0.1, 0.15) is 50.1 Å². The Bertz CT molecular complexity index is 7800. The first-order valence-electron chi connectivity index (χ1n) is 46.4. The number of piperazine rings is 3. The fourth-order valence-electron chi connectivity index (χ4n) is 18.6. The third kappa shape index (κ3) is 21.0. The smallest absolute Gasteiger partial charge is 0.258 e. The van der Waals surface area contributed by atoms with Crippen LogP contribution in [-0.2, 0) is 0 Å². The highest BCUT2D eigenvalue weighted by atomic mass is 19.1. The molecule has 4 N–H and O–H groups in total. The third-order valence-electron chi connectivity index (χ3n) is 26.3. The molecule has 0 saturated carbocycles. The number of anilines is 5. The van der Waals surface area contributed by atoms with Crippen molar-refractivity contribution in [2.24, 2.45) is 0 Å². The van der Waals surface area contributed by atoms with Crippen LogP contribution in [0.4, 0.5) is 46.0 Å². The molecule has 0 spiro atoms. The van der Waals surface area contributed by atoms with Gasteiger partial charge in [0.1, 0.15) is 45.4 Å². The van der Waals surface area contributed by atoms with Crippen molar-refractivity contribution < 1.29 is 36.6 Å². The van der Waals surface area contributed by atoms with Gasteiger partial charge in [-0.05, 0) is 205 Å². The van der Waals surface area contributed by atoms with Crippen LogP contribution in [0.2, 0.25) is 0 Å². The minimum absolute atomic E-state index is 0.0946. The zero-order valence-corrected chi connectivity index (χ0v) is 78.2. The van der Waals surface area contributed by atoms with Gasteiger partial charge in [0.05, 0.1) is 107 Å². The number of hydrogen-bond acceptors (Lipinski definition) is 27. The first-order valence-corrected chi connectivity index (χ1v) is 46.4. The molecule has 32 nitrogen and oxygen atoms in total. The highest BCUT2D eigenvalue weighted by Crippen LogP contribution is 2.33. The Morgan fingerprint density at radius 1 is 0.450 bits per heavy atom. The molecule has 22 rings (SSSR count). The normalized spacial score (nSPS) is 17.7. The van der Waals surface area contributed by atoms with Crippen molar-refractivity contribution >= 4 is 67.8 Å². The lowest BCUT2D eigenvalue weighted by Crippen LogP contribution is -2.50. The second-order valence-electron chi connectivity index (χ2n) is 35.6. The predicted molar refractivity (Wildman–Crippen MR) is 531 cm³/mol. The zero-order valence-electron chi connectivity index (χ0n) is 78.2. The number of likely N-dealkylation sites (tertiary alicyclic amines) is 1. The number of oxazole rings is 1. The summed E-state index contributed by atoms with van der Waals surface area (Å²) in [7, 11) is 7.00. The van der Waals surface area contributed by atoms with Gasteiger partial charge < -0.3 is 64.3 Å². The maximum absolute atomic E-state index is 14.1. The van der Waals surface area contributed by atoms with Gasteiger partial charge in [0.15, 0.2) is 34.6 Å². The van der Waals surface area contributed by atoms with Gasteiger partial charge in [0, 0.05) is 206 Å². The number of nitrogens with zero attached hydrogens (tertiary/aromatic N) is 20. The molecule has 6 saturated heterocycles. The fraction of sp³-hybridized carbons (Fsp3) is 0.298. The van der Waals surface area contributed by atoms with Crippen LogP contribution in [0.3, 0.4) is 0 Å². The van der Waals surface area contributed by atoms with E-state index in [0.29, 0.717) is 115 Å². The molecular formula is C104H103F4N23O9. The molecule has 0 amide bonds. The first-order chi connectivity index (χ1) is 67.7. The van der Waals surface area contributed by atoms with Crippen molar-refractivity contribution in [1.82, 2.24) is 77.7 Å². The van der Waals surface area contributed by atoms with Crippen LogP contribution in [0.25, 0.3) is 95.6 Å². The quantitative estimate of drug-likeness (QED) is 0.0735. The SMILES string of the molecule is COc1ccc(-c2cc(=O)n3cc(N(C)[C@@H]4CCNC4)ccc3n2)cc1F.COc1ccc(-c2cc(=O)n3cc(N4C[C@H](O)[C@@H](N5CCCC5)C4)ccc3n2)cc1F.C[C@H]1CN(c2ccc3nc(-c4cc(F)cc(C#N)c4)cc(=O)n3c2)CCN1.Cc1nc2ccc(-c3cc(=O)n4cc(N5CCN(C)[C@@H](C)C5)ccc4n3)cc2o1.N#Cc1cc(F)cc(-c2cc(=O)n3cc(N4CCNCC4)ccc3n2)c1. The van der Waals surface area contributed by atoms with E-state index < -0.39 is 29.4 Å². The van der Waals surface area contributed by atoms with Crippen molar-refractivity contribution in [3.05, 3.63) is 305 Å². The third-order valence-corrected chi connectivity index (χ3v) is 26.3. The Morgan fingerprint density at radius 3 is 1.35 bits per heavy atom. The van der Waals surface area contributed by atoms with Gasteiger partial charge in [0.2, 0.25) is 0 Å². The molecule has 5 aromatic carbocycles. The number of fused-ring (bicyclic) bond motifs is 6. The van der Waals surface area contributed by atoms with Crippen molar-refractivity contribution in [3.8, 4) is 79.9 Å². The van der Waals surface area contributed by atoms with E-state index >= 15 is 0 Å². The summed E-state index contributed by atoms with van der Waals surface area (Å²) in [6, 6.07) is 53.9. The number of nitriles is 2. The average Bonchev–Trinajstić information content (AvgIpc) is 1.23. The van der Waals surface area contributed by atoms with E-state index in [1.807, 2.05) is 93.0 Å². The molecule has 0 unspecified atom stereocenters. The number of aryl methyl sites for hydroxylation is 1. The Hall–Kier alpha value is -15.6. The Morgan fingerprint density at radius 2 is 0.893 bits per heavy atom. The van der Waals surface area contributed by atoms with E-state index in [1.54, 1.807) is 65.6 Å². The van der Waals surface area contributed by atoms with Gasteiger partial charge in [-0.1, -0.05) is 6.07 Å². The summed E-state index contributed by atoms with van der Waals surface area (Å²) in [4.78, 5) is 106. The lowest BCUT2D eigenvalue weighted by Gasteiger charge is -2.39. The molecule has 6 aliphatic rings. The minimum atomic E-state index is -0.533. The van der Waals surface area contributed by atoms with Crippen molar-refractivity contribution in [2.75, 3.05) is 158 Å². The summed E-state index contributed by atoms with van der Waals surface area (Å²) >= 11 is 0. The molecule has 0 bridgehead atoms. The van der Waals surface area contributed by atoms with E-state index in [-0.39, 0.29) is 56.5 Å². The number of aromatic nitrogens is 11. The van der Waals surface area contributed by atoms with Crippen LogP contribution in [0.5, 0.6) is 11.5 Å². The summed E-state index contributed by atoms with van der Waals surface area (Å²) in [6.07, 6.45) is 12.1. The summed E-state index contributed by atoms with van der Waals surface area (Å²) in [5, 5.41) is 38.6. The summed E-state index contributed by atoms with van der Waals surface area (Å²) in [5.41, 5.74) is 13.1. The second-order valence-corrected chi connectivity index (χ2v) is 35.6. The summed E-state index contributed by atoms with van der Waals surface area (Å²) in [6.45, 7) is 20.6. The number of likely N-dealkylation sites (N-methyl/N-ethyl adjacent to an activating group) is 2. The van der Waals surface area contributed by atoms with E-state index in [0.717, 1.165) is 156 Å². The number of halogens is 4. The number of nitrogens with one attached hydrogen (secondary N) is 3. The number of pyridine rings is 5. The number of ether oxygens (including phenoxy) is 2. The van der Waals surface area contributed by atoms with Crippen LogP contribution >= 0.6 is 0 Å². The van der Waals surface area contributed by atoms with Crippen LogP contribution < -0.4 is 77.7 Å². The van der Waals surface area contributed by atoms with Gasteiger partial charge in [0.25, 0.3) is 27.8 Å². The second kappa shape index (κ2) is 41.4. The number of β-amino-alcohol motifs (C(OH)–C–C–N with tert-alkyl or cyclic N) is 1. The van der Waals surface area contributed by atoms with Crippen LogP contribution in [0, 0.1) is 52.9 Å². The van der Waals surface area contributed by atoms with E-state index in [4.69, 9.17) is 29.4 Å². The highest BCUT2D eigenvalue weighted by Gasteiger charge is 2.37. The lowest BCUT2D eigenvalue weighted by molar-refractivity contribution is 0.0986. The standard InChI is InChI=1S/C23H25FN4O3.C22H23N5O2.C20H18FN5O.C20H21FN4O2.C19H16FN5O/c1-31-21-6-4-15(10-17(21)24)18-11-23(30)28-12-16(5-7-22(28)25-18)27-13-19(20(29)14-27)26-8-2-3-9-26;1-14-12-26(9-8-25(14)3)17-5-7-21-24-19(11-22(28)27(21)13-17)16-4-6-18-20(10-16)29-15(2)23-18;1-13-11-25(5-4-23-13)17-2-3-19-24-18(9-20(27)26(19)12-17)15-6-14(10-22)7-16(21)8-15;1-24(14-7-8-22-11-14)15-4-6-19-23-17(10-20(26)25(19)12-15)13-3-5-18(27-2)16(21)9-13;20-15-8-13(11-21)7-14(9-15)17-10-19(26)25-12-16(1-2-18(25)23-17)24-5-3-22-4-6-24/h4-7,10-12,19-20,29H,2-3,8-9,13-14H2,1H3;4-7,10-11,13-14H,8-9,12H2,1-3H3;2-3,6-9,12-13,23H,4-5,11H2,1H3;3-6,9-10,12,14,22H,7-8,11H2,1-2H3;1-2,7-10,12,22H,3-6H2/t19-,20-;14-;13-;14-;/m0001./s1. The van der Waals surface area contributed by atoms with E-state index in [1.165, 1.54) is 117 Å². The van der Waals surface area contributed by atoms with Gasteiger partial charge >= 0.3 is 0 Å². The molecular weight excluding hydrogens is 1790 g/mol. The molecule has 5 atom stereocenters. The highest BCUT2D eigenvalue weighted by molar-refractivity contribution is 5.80. The number of aliphatic hydroxyl groups is 1. The predicted octanol–water partition coefficient (Wildman–Crippen LogP) is 11.4. The maximum Gasteiger partial charge on any atom is 0.258 e. The zero-order chi connectivity index (χ0) is 97.7. The summed E-state index contributed by atoms with van der Waals surface area (Å²) in [5.74, 6) is -1.13. The van der Waals surface area contributed by atoms with Gasteiger partial charge in [-0.15, -0.1) is 0 Å². The lowest BCUT2D eigenvalue weighted by atomic mass is 10.1. The van der Waals surface area contributed by atoms with Crippen LogP contribution in [0.15, 0.2) is 241 Å². The fourth-order valence-corrected chi connectivity index (χ4v) is 18.6. The largest absolute Gasteiger partial charge is 0.494 e. The van der Waals surface area contributed by atoms with Crippen molar-refractivity contribution in [2.45, 2.75) is 70.3 Å². The van der Waals surface area contributed by atoms with Gasteiger partial charge in [-0.3, -0.25) is 50.9 Å². The Kier molecular flexibility index (Phi) is 28.0. The maximum atomic E-state index is 14.1. The Labute approximate surface area is 801 Å². The number of rotatable bonds is 14. The molecule has 11 aromatic heterocycles. The molecule has 16 aromatic rings. The number of hydrogen-bond donors (Lipinski definition) is 4. The summed E-state index contributed by atoms with van der Waals surface area (Å²) < 4.78 is 78.6. The molecule has 140 heavy (non-hydrogen) atoms. The van der Waals surface area contributed by atoms with E-state index in [2.05, 4.69) is 96.1 Å². The first kappa shape index (κ1) is 94.8. The number of benzene rings is 5. The van der Waals surface area contributed by atoms with Crippen molar-refractivity contribution in [3.63, 3.8) is 0 Å². The molecule has 0 aliphatic carbocycles. The minimum Gasteiger partial charge on any atom is -0.494 e. The molecule has 6 fully saturated rings. The Balaban J connectivity index is 0.000000116. The van der Waals surface area contributed by atoms with Gasteiger partial charge in [-0.25, -0.2) is 47.5 Å². The molecule has 0 radical (unpaired) electrons. The van der Waals surface area contributed by atoms with Crippen molar-refractivity contribution in [1.29, 1.82) is 10.5 Å². The van der Waals surface area contributed by atoms with Crippen LogP contribution in [-0.4, -0.2) is 230 Å². The topological polar surface area (TPSA) is 343 Å². The average molecular weight is 1900 g/mol. The molecule has 36 heteroatoms.